The van der Waals surface area contributed by atoms with Crippen LogP contribution in [-0.2, 0) is 6.42 Å². The number of aliphatic imine (C=N–C) groups is 1. The molecule has 3 nitrogen and oxygen atoms in total. The SMILES string of the molecule is CCNC(=NCCSC)NCCc1ccccc1.I. The van der Waals surface area contributed by atoms with Gasteiger partial charge in [0.05, 0.1) is 6.54 Å². The van der Waals surface area contributed by atoms with Gasteiger partial charge in [0.1, 0.15) is 0 Å². The second kappa shape index (κ2) is 12.6. The van der Waals surface area contributed by atoms with Crippen molar-refractivity contribution in [1.82, 2.24) is 10.6 Å². The van der Waals surface area contributed by atoms with Crippen LogP contribution in [0.15, 0.2) is 35.3 Å². The predicted molar refractivity (Wildman–Crippen MR) is 97.9 cm³/mol. The molecule has 0 aromatic heterocycles. The average Bonchev–Trinajstić information content (AvgIpc) is 2.40. The van der Waals surface area contributed by atoms with Crippen molar-refractivity contribution >= 4 is 41.7 Å². The molecule has 0 atom stereocenters. The molecule has 1 aromatic carbocycles. The lowest BCUT2D eigenvalue weighted by molar-refractivity contribution is 0.804. The molecule has 5 heteroatoms. The van der Waals surface area contributed by atoms with Crippen molar-refractivity contribution in [2.45, 2.75) is 13.3 Å². The van der Waals surface area contributed by atoms with Crippen LogP contribution < -0.4 is 10.6 Å². The largest absolute Gasteiger partial charge is 0.357 e. The number of rotatable bonds is 7. The number of nitrogens with zero attached hydrogens (tertiary/aromatic N) is 1. The van der Waals surface area contributed by atoms with Crippen LogP contribution in [0, 0.1) is 0 Å². The van der Waals surface area contributed by atoms with E-state index in [1.807, 2.05) is 17.8 Å². The zero-order chi connectivity index (χ0) is 13.1. The Kier molecular flexibility index (Phi) is 12.3. The van der Waals surface area contributed by atoms with Crippen LogP contribution in [0.25, 0.3) is 0 Å². The maximum Gasteiger partial charge on any atom is 0.191 e. The van der Waals surface area contributed by atoms with Crippen LogP contribution in [0.5, 0.6) is 0 Å². The Morgan fingerprint density at radius 2 is 1.95 bits per heavy atom. The standard InChI is InChI=1S/C14H23N3S.HI/c1-3-15-14(17-11-12-18-2)16-10-9-13-7-5-4-6-8-13;/h4-8H,3,9-12H2,1-2H3,(H2,15,16,17);1H. The van der Waals surface area contributed by atoms with E-state index in [0.29, 0.717) is 0 Å². The first-order valence-corrected chi connectivity index (χ1v) is 7.81. The van der Waals surface area contributed by atoms with Gasteiger partial charge in [-0.05, 0) is 25.2 Å². The Morgan fingerprint density at radius 1 is 1.21 bits per heavy atom. The van der Waals surface area contributed by atoms with Gasteiger partial charge < -0.3 is 10.6 Å². The van der Waals surface area contributed by atoms with Crippen LogP contribution >= 0.6 is 35.7 Å². The minimum Gasteiger partial charge on any atom is -0.357 e. The Balaban J connectivity index is 0.00000324. The summed E-state index contributed by atoms with van der Waals surface area (Å²) in [5, 5.41) is 6.62. The molecule has 0 aliphatic rings. The molecule has 1 aromatic rings. The van der Waals surface area contributed by atoms with Gasteiger partial charge in [-0.2, -0.15) is 11.8 Å². The summed E-state index contributed by atoms with van der Waals surface area (Å²) in [6.45, 7) is 4.76. The highest BCUT2D eigenvalue weighted by atomic mass is 127. The summed E-state index contributed by atoms with van der Waals surface area (Å²) in [6, 6.07) is 10.5. The van der Waals surface area contributed by atoms with Crippen molar-refractivity contribution in [3.63, 3.8) is 0 Å². The summed E-state index contributed by atoms with van der Waals surface area (Å²) in [6.07, 6.45) is 3.12. The smallest absolute Gasteiger partial charge is 0.191 e. The molecular weight excluding hydrogens is 369 g/mol. The fraction of sp³-hybridized carbons (Fsp3) is 0.500. The molecule has 0 unspecified atom stereocenters. The molecule has 0 saturated carbocycles. The van der Waals surface area contributed by atoms with E-state index in [2.05, 4.69) is 53.1 Å². The molecule has 0 aliphatic heterocycles. The molecule has 0 heterocycles. The van der Waals surface area contributed by atoms with E-state index in [1.165, 1.54) is 5.56 Å². The third-order valence-corrected chi connectivity index (χ3v) is 3.05. The van der Waals surface area contributed by atoms with Gasteiger partial charge in [0, 0.05) is 18.8 Å². The van der Waals surface area contributed by atoms with Crippen LogP contribution in [-0.4, -0.2) is 37.6 Å². The van der Waals surface area contributed by atoms with Gasteiger partial charge in [-0.25, -0.2) is 0 Å². The molecule has 108 valence electrons. The van der Waals surface area contributed by atoms with Crippen LogP contribution in [0.2, 0.25) is 0 Å². The molecule has 0 saturated heterocycles. The van der Waals surface area contributed by atoms with Gasteiger partial charge >= 0.3 is 0 Å². The Labute approximate surface area is 138 Å². The van der Waals surface area contributed by atoms with E-state index in [4.69, 9.17) is 0 Å². The number of benzene rings is 1. The summed E-state index contributed by atoms with van der Waals surface area (Å²) in [4.78, 5) is 4.51. The third-order valence-electron chi connectivity index (χ3n) is 2.46. The second-order valence-electron chi connectivity index (χ2n) is 3.92. The zero-order valence-corrected chi connectivity index (χ0v) is 14.8. The summed E-state index contributed by atoms with van der Waals surface area (Å²) in [5.74, 6) is 1.98. The maximum absolute atomic E-state index is 4.51. The Morgan fingerprint density at radius 3 is 2.58 bits per heavy atom. The first kappa shape index (κ1) is 18.6. The monoisotopic (exact) mass is 393 g/mol. The molecule has 0 spiro atoms. The Bertz CT molecular complexity index is 344. The summed E-state index contributed by atoms with van der Waals surface area (Å²) >= 11 is 1.82. The van der Waals surface area contributed by atoms with E-state index in [-0.39, 0.29) is 24.0 Å². The molecule has 1 rings (SSSR count). The second-order valence-corrected chi connectivity index (χ2v) is 4.90. The van der Waals surface area contributed by atoms with E-state index in [9.17, 15) is 0 Å². The van der Waals surface area contributed by atoms with Gasteiger partial charge in [-0.1, -0.05) is 30.3 Å². The van der Waals surface area contributed by atoms with E-state index >= 15 is 0 Å². The quantitative estimate of drug-likeness (QED) is 0.324. The first-order valence-electron chi connectivity index (χ1n) is 6.42. The van der Waals surface area contributed by atoms with Crippen LogP contribution in [0.4, 0.5) is 0 Å². The highest BCUT2D eigenvalue weighted by Crippen LogP contribution is 1.98. The molecule has 0 radical (unpaired) electrons. The van der Waals surface area contributed by atoms with E-state index in [0.717, 1.165) is 37.8 Å². The third kappa shape index (κ3) is 9.15. The predicted octanol–water partition coefficient (Wildman–Crippen LogP) is 2.77. The highest BCUT2D eigenvalue weighted by Gasteiger charge is 1.96. The number of hydrogen-bond donors (Lipinski definition) is 2. The number of guanidine groups is 1. The molecule has 2 N–H and O–H groups in total. The van der Waals surface area contributed by atoms with Gasteiger partial charge in [0.25, 0.3) is 0 Å². The van der Waals surface area contributed by atoms with Gasteiger partial charge in [0.2, 0.25) is 0 Å². The summed E-state index contributed by atoms with van der Waals surface area (Å²) < 4.78 is 0. The van der Waals surface area contributed by atoms with Crippen molar-refractivity contribution in [3.8, 4) is 0 Å². The topological polar surface area (TPSA) is 36.4 Å². The number of nitrogens with one attached hydrogen (secondary N) is 2. The lowest BCUT2D eigenvalue weighted by Gasteiger charge is -2.11. The van der Waals surface area contributed by atoms with Crippen molar-refractivity contribution in [3.05, 3.63) is 35.9 Å². The van der Waals surface area contributed by atoms with Crippen LogP contribution in [0.3, 0.4) is 0 Å². The van der Waals surface area contributed by atoms with Gasteiger partial charge in [0.15, 0.2) is 5.96 Å². The minimum absolute atomic E-state index is 0. The van der Waals surface area contributed by atoms with Crippen molar-refractivity contribution in [1.29, 1.82) is 0 Å². The minimum atomic E-state index is 0. The molecular formula is C14H24IN3S. The number of thioether (sulfide) groups is 1. The van der Waals surface area contributed by atoms with Gasteiger partial charge in [-0.15, -0.1) is 24.0 Å². The van der Waals surface area contributed by atoms with E-state index < -0.39 is 0 Å². The van der Waals surface area contributed by atoms with Crippen molar-refractivity contribution in [2.24, 2.45) is 4.99 Å². The lowest BCUT2D eigenvalue weighted by Crippen LogP contribution is -2.38. The fourth-order valence-corrected chi connectivity index (χ4v) is 1.83. The summed E-state index contributed by atoms with van der Waals surface area (Å²) in [7, 11) is 0. The Hall–Kier alpha value is -0.430. The first-order chi connectivity index (χ1) is 8.86. The average molecular weight is 393 g/mol. The molecule has 0 fully saturated rings. The van der Waals surface area contributed by atoms with Crippen LogP contribution in [0.1, 0.15) is 12.5 Å². The molecule has 0 bridgehead atoms. The molecule has 0 amide bonds. The molecule has 19 heavy (non-hydrogen) atoms. The normalized spacial score (nSPS) is 10.7. The maximum atomic E-state index is 4.51. The lowest BCUT2D eigenvalue weighted by atomic mass is 10.1. The van der Waals surface area contributed by atoms with Gasteiger partial charge in [-0.3, -0.25) is 4.99 Å². The van der Waals surface area contributed by atoms with Crippen molar-refractivity contribution in [2.75, 3.05) is 31.6 Å². The zero-order valence-electron chi connectivity index (χ0n) is 11.7. The fourth-order valence-electron chi connectivity index (χ4n) is 1.56. The number of hydrogen-bond acceptors (Lipinski definition) is 2. The molecule has 0 aliphatic carbocycles. The van der Waals surface area contributed by atoms with E-state index in [1.54, 1.807) is 0 Å². The number of halogens is 1. The van der Waals surface area contributed by atoms with Crippen molar-refractivity contribution < 1.29 is 0 Å². The highest BCUT2D eigenvalue weighted by molar-refractivity contribution is 14.0. The summed E-state index contributed by atoms with van der Waals surface area (Å²) in [5.41, 5.74) is 1.35.